The Morgan fingerprint density at radius 1 is 1.12 bits per heavy atom. The zero-order chi connectivity index (χ0) is 12.3. The first-order chi connectivity index (χ1) is 8.15. The van der Waals surface area contributed by atoms with Gasteiger partial charge in [-0.3, -0.25) is 0 Å². The van der Waals surface area contributed by atoms with Crippen LogP contribution in [0.4, 0.5) is 0 Å². The third-order valence-electron chi connectivity index (χ3n) is 2.56. The lowest BCUT2D eigenvalue weighted by Gasteiger charge is -2.06. The van der Waals surface area contributed by atoms with E-state index >= 15 is 0 Å². The minimum Gasteiger partial charge on any atom is -0.132 e. The summed E-state index contributed by atoms with van der Waals surface area (Å²) in [7, 11) is 0. The molecule has 1 aromatic carbocycles. The summed E-state index contributed by atoms with van der Waals surface area (Å²) < 4.78 is 1.21. The molecule has 2 rings (SSSR count). The normalized spacial score (nSPS) is 11.1. The zero-order valence-corrected chi connectivity index (χ0v) is 13.2. The van der Waals surface area contributed by atoms with Crippen molar-refractivity contribution in [3.63, 3.8) is 0 Å². The molecule has 0 aliphatic rings. The maximum absolute atomic E-state index is 3.49. The van der Waals surface area contributed by atoms with Crippen molar-refractivity contribution in [2.75, 3.05) is 0 Å². The summed E-state index contributed by atoms with van der Waals surface area (Å²) in [6.07, 6.45) is 0. The molecule has 3 heteroatoms. The van der Waals surface area contributed by atoms with Gasteiger partial charge >= 0.3 is 0 Å². The van der Waals surface area contributed by atoms with Crippen LogP contribution in [-0.4, -0.2) is 0 Å². The second kappa shape index (κ2) is 6.07. The Hall–Kier alpha value is -0.250. The monoisotopic (exact) mass is 326 g/mol. The molecule has 0 atom stereocenters. The maximum Gasteiger partial charge on any atom is 0.0701 e. The van der Waals surface area contributed by atoms with Crippen LogP contribution in [0, 0.1) is 0 Å². The van der Waals surface area contributed by atoms with Crippen LogP contribution >= 0.6 is 39.0 Å². The predicted octanol–water partition coefficient (Wildman–Crippen LogP) is 5.93. The van der Waals surface area contributed by atoms with Crippen molar-refractivity contribution >= 4 is 39.0 Å². The Morgan fingerprint density at radius 2 is 1.82 bits per heavy atom. The maximum atomic E-state index is 3.49. The molecule has 0 bridgehead atoms. The molecule has 0 spiro atoms. The van der Waals surface area contributed by atoms with Gasteiger partial charge in [-0.05, 0) is 51.7 Å². The number of benzene rings is 1. The van der Waals surface area contributed by atoms with Crippen LogP contribution in [0.1, 0.15) is 30.2 Å². The Labute approximate surface area is 120 Å². The highest BCUT2D eigenvalue weighted by molar-refractivity contribution is 9.11. The SMILES string of the molecule is CC(C)c1ccc(SCc2ccc(Br)s2)cc1. The minimum atomic E-state index is 0.613. The van der Waals surface area contributed by atoms with Crippen molar-refractivity contribution in [2.24, 2.45) is 0 Å². The van der Waals surface area contributed by atoms with Gasteiger partial charge in [0.05, 0.1) is 3.79 Å². The molecule has 0 saturated heterocycles. The quantitative estimate of drug-likeness (QED) is 0.628. The highest BCUT2D eigenvalue weighted by atomic mass is 79.9. The van der Waals surface area contributed by atoms with Gasteiger partial charge in [0.15, 0.2) is 0 Å². The molecular formula is C14H15BrS2. The Balaban J connectivity index is 1.95. The van der Waals surface area contributed by atoms with Gasteiger partial charge in [-0.2, -0.15) is 0 Å². The van der Waals surface area contributed by atoms with E-state index in [4.69, 9.17) is 0 Å². The number of halogens is 1. The fourth-order valence-electron chi connectivity index (χ4n) is 1.53. The largest absolute Gasteiger partial charge is 0.132 e. The van der Waals surface area contributed by atoms with E-state index < -0.39 is 0 Å². The second-order valence-corrected chi connectivity index (χ2v) is 7.81. The standard InChI is InChI=1S/C14H15BrS2/c1-10(2)11-3-5-12(6-4-11)16-9-13-7-8-14(15)17-13/h3-8,10H,9H2,1-2H3. The van der Waals surface area contributed by atoms with Gasteiger partial charge in [0.1, 0.15) is 0 Å². The predicted molar refractivity (Wildman–Crippen MR) is 82.1 cm³/mol. The lowest BCUT2D eigenvalue weighted by atomic mass is 10.0. The molecule has 0 amide bonds. The van der Waals surface area contributed by atoms with Crippen LogP contribution in [0.3, 0.4) is 0 Å². The highest BCUT2D eigenvalue weighted by Crippen LogP contribution is 2.29. The average Bonchev–Trinajstić information content (AvgIpc) is 2.73. The molecule has 0 aliphatic heterocycles. The van der Waals surface area contributed by atoms with E-state index in [9.17, 15) is 0 Å². The van der Waals surface area contributed by atoms with E-state index in [2.05, 4.69) is 66.2 Å². The summed E-state index contributed by atoms with van der Waals surface area (Å²) in [5.74, 6) is 1.67. The van der Waals surface area contributed by atoms with Crippen LogP contribution < -0.4 is 0 Å². The van der Waals surface area contributed by atoms with E-state index in [0.29, 0.717) is 5.92 Å². The second-order valence-electron chi connectivity index (χ2n) is 4.22. The van der Waals surface area contributed by atoms with Gasteiger partial charge in [0.25, 0.3) is 0 Å². The molecule has 0 aliphatic carbocycles. The first-order valence-corrected chi connectivity index (χ1v) is 8.21. The van der Waals surface area contributed by atoms with E-state index in [1.165, 1.54) is 19.1 Å². The number of hydrogen-bond acceptors (Lipinski definition) is 2. The van der Waals surface area contributed by atoms with Crippen LogP contribution in [0.15, 0.2) is 45.1 Å². The van der Waals surface area contributed by atoms with Gasteiger partial charge in [0, 0.05) is 15.5 Å². The van der Waals surface area contributed by atoms with Crippen molar-refractivity contribution in [3.05, 3.63) is 50.6 Å². The Kier molecular flexibility index (Phi) is 4.71. The van der Waals surface area contributed by atoms with Crippen molar-refractivity contribution in [1.29, 1.82) is 0 Å². The van der Waals surface area contributed by atoms with Crippen LogP contribution in [0.2, 0.25) is 0 Å². The summed E-state index contributed by atoms with van der Waals surface area (Å²) >= 11 is 7.20. The first-order valence-electron chi connectivity index (χ1n) is 5.62. The molecule has 0 N–H and O–H groups in total. The minimum absolute atomic E-state index is 0.613. The topological polar surface area (TPSA) is 0 Å². The summed E-state index contributed by atoms with van der Waals surface area (Å²) in [6, 6.07) is 13.2. The lowest BCUT2D eigenvalue weighted by Crippen LogP contribution is -1.85. The van der Waals surface area contributed by atoms with Crippen molar-refractivity contribution in [1.82, 2.24) is 0 Å². The van der Waals surface area contributed by atoms with Crippen molar-refractivity contribution in [2.45, 2.75) is 30.4 Å². The van der Waals surface area contributed by atoms with Gasteiger partial charge in [0.2, 0.25) is 0 Å². The fourth-order valence-corrected chi connectivity index (χ4v) is 3.96. The highest BCUT2D eigenvalue weighted by Gasteiger charge is 2.01. The van der Waals surface area contributed by atoms with Crippen LogP contribution in [0.5, 0.6) is 0 Å². The summed E-state index contributed by atoms with van der Waals surface area (Å²) in [5, 5.41) is 0. The Bertz CT molecular complexity index is 471. The molecule has 90 valence electrons. The number of hydrogen-bond donors (Lipinski definition) is 0. The van der Waals surface area contributed by atoms with Crippen molar-refractivity contribution in [3.8, 4) is 0 Å². The molecule has 0 radical (unpaired) electrons. The van der Waals surface area contributed by atoms with Gasteiger partial charge in [-0.25, -0.2) is 0 Å². The smallest absolute Gasteiger partial charge is 0.0701 e. The number of rotatable bonds is 4. The van der Waals surface area contributed by atoms with E-state index in [1.54, 1.807) is 0 Å². The van der Waals surface area contributed by atoms with E-state index in [-0.39, 0.29) is 0 Å². The molecule has 2 aromatic rings. The molecule has 0 fully saturated rings. The van der Waals surface area contributed by atoms with Crippen LogP contribution in [0.25, 0.3) is 0 Å². The zero-order valence-electron chi connectivity index (χ0n) is 9.94. The van der Waals surface area contributed by atoms with Crippen molar-refractivity contribution < 1.29 is 0 Å². The number of thioether (sulfide) groups is 1. The third-order valence-corrected chi connectivity index (χ3v) is 5.42. The number of thiophene rings is 1. The third kappa shape index (κ3) is 3.87. The van der Waals surface area contributed by atoms with Gasteiger partial charge < -0.3 is 0 Å². The summed E-state index contributed by atoms with van der Waals surface area (Å²) in [4.78, 5) is 2.76. The average molecular weight is 327 g/mol. The molecule has 0 unspecified atom stereocenters. The fraction of sp³-hybridized carbons (Fsp3) is 0.286. The molecule has 1 heterocycles. The molecule has 1 aromatic heterocycles. The summed E-state index contributed by atoms with van der Waals surface area (Å²) in [5.41, 5.74) is 1.41. The molecule has 0 nitrogen and oxygen atoms in total. The van der Waals surface area contributed by atoms with E-state index in [1.807, 2.05) is 23.1 Å². The molecular weight excluding hydrogens is 312 g/mol. The van der Waals surface area contributed by atoms with Gasteiger partial charge in [-0.15, -0.1) is 23.1 Å². The Morgan fingerprint density at radius 3 is 2.35 bits per heavy atom. The van der Waals surface area contributed by atoms with E-state index in [0.717, 1.165) is 5.75 Å². The molecule has 0 saturated carbocycles. The first kappa shape index (κ1) is 13.2. The lowest BCUT2D eigenvalue weighted by molar-refractivity contribution is 0.865. The summed E-state index contributed by atoms with van der Waals surface area (Å²) in [6.45, 7) is 4.46. The van der Waals surface area contributed by atoms with Crippen LogP contribution in [-0.2, 0) is 5.75 Å². The molecule has 17 heavy (non-hydrogen) atoms. The van der Waals surface area contributed by atoms with Gasteiger partial charge in [-0.1, -0.05) is 26.0 Å².